The van der Waals surface area contributed by atoms with Gasteiger partial charge in [0.15, 0.2) is 0 Å². The maximum atomic E-state index is 4.42. The highest BCUT2D eigenvalue weighted by Crippen LogP contribution is 2.25. The largest absolute Gasteiger partial charge is 0.365 e. The Kier molecular flexibility index (Phi) is 5.12. The van der Waals surface area contributed by atoms with E-state index in [1.54, 1.807) is 0 Å². The van der Waals surface area contributed by atoms with E-state index in [-0.39, 0.29) is 0 Å². The summed E-state index contributed by atoms with van der Waals surface area (Å²) in [5.74, 6) is 1.77. The predicted octanol–water partition coefficient (Wildman–Crippen LogP) is 3.64. The standard InChI is InChI=1S/C15H22N2S/c1-3-4-8-18-15-7-5-6-13(9-15)14-10-16-12-17(2)11-14/h5-7,9,12,14H,3-4,8,10-11H2,1-2H3. The number of rotatable bonds is 5. The molecule has 1 aliphatic rings. The lowest BCUT2D eigenvalue weighted by atomic mass is 9.98. The van der Waals surface area contributed by atoms with Gasteiger partial charge in [-0.3, -0.25) is 4.99 Å². The summed E-state index contributed by atoms with van der Waals surface area (Å²) in [4.78, 5) is 7.99. The Labute approximate surface area is 114 Å². The average molecular weight is 262 g/mol. The summed E-state index contributed by atoms with van der Waals surface area (Å²) < 4.78 is 0. The summed E-state index contributed by atoms with van der Waals surface area (Å²) in [6, 6.07) is 8.99. The van der Waals surface area contributed by atoms with E-state index in [9.17, 15) is 0 Å². The van der Waals surface area contributed by atoms with Crippen LogP contribution in [0.15, 0.2) is 34.2 Å². The van der Waals surface area contributed by atoms with Crippen LogP contribution in [-0.4, -0.2) is 37.1 Å². The first kappa shape index (κ1) is 13.5. The van der Waals surface area contributed by atoms with Crippen molar-refractivity contribution in [3.05, 3.63) is 29.8 Å². The second-order valence-electron chi connectivity index (χ2n) is 4.89. The van der Waals surface area contributed by atoms with Crippen LogP contribution in [0.2, 0.25) is 0 Å². The molecule has 1 atom stereocenters. The molecule has 0 bridgehead atoms. The van der Waals surface area contributed by atoms with Gasteiger partial charge in [-0.25, -0.2) is 0 Å². The minimum Gasteiger partial charge on any atom is -0.365 e. The van der Waals surface area contributed by atoms with Crippen molar-refractivity contribution in [1.82, 2.24) is 4.90 Å². The van der Waals surface area contributed by atoms with Crippen molar-refractivity contribution in [2.45, 2.75) is 30.6 Å². The summed E-state index contributed by atoms with van der Waals surface area (Å²) in [5.41, 5.74) is 1.43. The third-order valence-corrected chi connectivity index (χ3v) is 4.29. The maximum Gasteiger partial charge on any atom is 0.0847 e. The van der Waals surface area contributed by atoms with Crippen LogP contribution in [0.25, 0.3) is 0 Å². The van der Waals surface area contributed by atoms with Gasteiger partial charge in [0.05, 0.1) is 6.34 Å². The van der Waals surface area contributed by atoms with E-state index in [1.807, 2.05) is 18.1 Å². The van der Waals surface area contributed by atoms with E-state index in [1.165, 1.54) is 29.1 Å². The lowest BCUT2D eigenvalue weighted by Crippen LogP contribution is -2.29. The fourth-order valence-corrected chi connectivity index (χ4v) is 3.23. The minimum absolute atomic E-state index is 0.548. The number of unbranched alkanes of at least 4 members (excludes halogenated alkanes) is 1. The Morgan fingerprint density at radius 3 is 3.11 bits per heavy atom. The third-order valence-electron chi connectivity index (χ3n) is 3.21. The topological polar surface area (TPSA) is 15.6 Å². The molecular formula is C15H22N2S. The summed E-state index contributed by atoms with van der Waals surface area (Å²) in [6.07, 6.45) is 4.51. The number of nitrogens with zero attached hydrogens (tertiary/aromatic N) is 2. The number of likely N-dealkylation sites (N-methyl/N-ethyl adjacent to an activating group) is 1. The van der Waals surface area contributed by atoms with Crippen molar-refractivity contribution >= 4 is 18.1 Å². The Morgan fingerprint density at radius 2 is 2.33 bits per heavy atom. The fraction of sp³-hybridized carbons (Fsp3) is 0.533. The van der Waals surface area contributed by atoms with Crippen molar-refractivity contribution in [3.63, 3.8) is 0 Å². The van der Waals surface area contributed by atoms with Crippen LogP contribution in [-0.2, 0) is 0 Å². The number of thioether (sulfide) groups is 1. The normalized spacial score (nSPS) is 19.2. The van der Waals surface area contributed by atoms with Crippen molar-refractivity contribution in [1.29, 1.82) is 0 Å². The molecule has 1 heterocycles. The van der Waals surface area contributed by atoms with E-state index in [0.717, 1.165) is 13.1 Å². The van der Waals surface area contributed by atoms with E-state index >= 15 is 0 Å². The molecule has 1 aromatic carbocycles. The fourth-order valence-electron chi connectivity index (χ4n) is 2.17. The first-order valence-corrected chi connectivity index (χ1v) is 7.71. The van der Waals surface area contributed by atoms with Gasteiger partial charge in [0.2, 0.25) is 0 Å². The molecule has 2 rings (SSSR count). The molecule has 18 heavy (non-hydrogen) atoms. The van der Waals surface area contributed by atoms with Gasteiger partial charge in [0.25, 0.3) is 0 Å². The Hall–Kier alpha value is -0.960. The molecule has 0 aliphatic carbocycles. The Morgan fingerprint density at radius 1 is 1.44 bits per heavy atom. The lowest BCUT2D eigenvalue weighted by molar-refractivity contribution is 0.439. The summed E-state index contributed by atoms with van der Waals surface area (Å²) in [7, 11) is 2.09. The molecule has 2 nitrogen and oxygen atoms in total. The number of hydrogen-bond acceptors (Lipinski definition) is 3. The number of hydrogen-bond donors (Lipinski definition) is 0. The van der Waals surface area contributed by atoms with Gasteiger partial charge in [0, 0.05) is 31.0 Å². The highest BCUT2D eigenvalue weighted by molar-refractivity contribution is 7.99. The van der Waals surface area contributed by atoms with Crippen LogP contribution in [0.3, 0.4) is 0 Å². The second kappa shape index (κ2) is 6.83. The van der Waals surface area contributed by atoms with Crippen LogP contribution in [0, 0.1) is 0 Å². The highest BCUT2D eigenvalue weighted by Gasteiger charge is 2.16. The molecule has 0 saturated carbocycles. The van der Waals surface area contributed by atoms with E-state index < -0.39 is 0 Å². The molecule has 98 valence electrons. The molecule has 0 amide bonds. The molecule has 3 heteroatoms. The molecule has 1 aliphatic heterocycles. The maximum absolute atomic E-state index is 4.42. The van der Waals surface area contributed by atoms with Gasteiger partial charge >= 0.3 is 0 Å². The van der Waals surface area contributed by atoms with Crippen LogP contribution in [0.5, 0.6) is 0 Å². The van der Waals surface area contributed by atoms with Gasteiger partial charge < -0.3 is 4.90 Å². The minimum atomic E-state index is 0.548. The highest BCUT2D eigenvalue weighted by atomic mass is 32.2. The van der Waals surface area contributed by atoms with E-state index in [2.05, 4.69) is 48.1 Å². The first-order chi connectivity index (χ1) is 8.79. The van der Waals surface area contributed by atoms with Crippen LogP contribution >= 0.6 is 11.8 Å². The third kappa shape index (κ3) is 3.77. The van der Waals surface area contributed by atoms with Gasteiger partial charge in [-0.2, -0.15) is 0 Å². The zero-order valence-corrected chi connectivity index (χ0v) is 12.1. The molecule has 0 spiro atoms. The van der Waals surface area contributed by atoms with Crippen LogP contribution < -0.4 is 0 Å². The average Bonchev–Trinajstić information content (AvgIpc) is 2.39. The SMILES string of the molecule is CCCCSc1cccc(C2CN=CN(C)C2)c1. The quantitative estimate of drug-likeness (QED) is 0.595. The summed E-state index contributed by atoms with van der Waals surface area (Å²) in [6.45, 7) is 4.24. The monoisotopic (exact) mass is 262 g/mol. The summed E-state index contributed by atoms with van der Waals surface area (Å²) >= 11 is 1.97. The van der Waals surface area contributed by atoms with Gasteiger partial charge in [-0.1, -0.05) is 25.5 Å². The van der Waals surface area contributed by atoms with Crippen molar-refractivity contribution < 1.29 is 0 Å². The zero-order chi connectivity index (χ0) is 12.8. The molecule has 0 radical (unpaired) electrons. The van der Waals surface area contributed by atoms with Gasteiger partial charge in [-0.05, 0) is 29.9 Å². The summed E-state index contributed by atoms with van der Waals surface area (Å²) in [5, 5.41) is 0. The number of aliphatic imine (C=N–C) groups is 1. The van der Waals surface area contributed by atoms with Crippen molar-refractivity contribution in [2.75, 3.05) is 25.9 Å². The molecule has 1 aromatic rings. The molecular weight excluding hydrogens is 240 g/mol. The van der Waals surface area contributed by atoms with Crippen LogP contribution in [0.4, 0.5) is 0 Å². The van der Waals surface area contributed by atoms with Crippen LogP contribution in [0.1, 0.15) is 31.2 Å². The smallest absolute Gasteiger partial charge is 0.0847 e. The van der Waals surface area contributed by atoms with E-state index in [0.29, 0.717) is 5.92 Å². The van der Waals surface area contributed by atoms with Crippen molar-refractivity contribution in [2.24, 2.45) is 4.99 Å². The Balaban J connectivity index is 2.00. The molecule has 0 N–H and O–H groups in total. The molecule has 1 unspecified atom stereocenters. The Bertz CT molecular complexity index is 403. The number of benzene rings is 1. The first-order valence-electron chi connectivity index (χ1n) is 6.72. The molecule has 0 saturated heterocycles. The van der Waals surface area contributed by atoms with E-state index in [4.69, 9.17) is 0 Å². The molecule has 0 aromatic heterocycles. The van der Waals surface area contributed by atoms with Crippen molar-refractivity contribution in [3.8, 4) is 0 Å². The van der Waals surface area contributed by atoms with Gasteiger partial charge in [0.1, 0.15) is 0 Å². The predicted molar refractivity (Wildman–Crippen MR) is 80.8 cm³/mol. The zero-order valence-electron chi connectivity index (χ0n) is 11.3. The van der Waals surface area contributed by atoms with Gasteiger partial charge in [-0.15, -0.1) is 11.8 Å². The lowest BCUT2D eigenvalue weighted by Gasteiger charge is -2.25. The second-order valence-corrected chi connectivity index (χ2v) is 6.06. The molecule has 0 fully saturated rings.